The number of nitrogens with two attached hydrogens (primary N) is 1. The van der Waals surface area contributed by atoms with Crippen LogP contribution in [0, 0.1) is 11.8 Å². The molecule has 0 radical (unpaired) electrons. The van der Waals surface area contributed by atoms with Crippen molar-refractivity contribution in [3.63, 3.8) is 0 Å². The molecule has 2 heteroatoms. The Morgan fingerprint density at radius 3 is 2.76 bits per heavy atom. The summed E-state index contributed by atoms with van der Waals surface area (Å²) in [6, 6.07) is 11.7. The molecule has 17 heavy (non-hydrogen) atoms. The fraction of sp³-hybridized carbons (Fsp3) is 0.600. The van der Waals surface area contributed by atoms with E-state index < -0.39 is 0 Å². The molecular formula is C15H22N2. The van der Waals surface area contributed by atoms with Crippen LogP contribution in [-0.4, -0.2) is 24.0 Å². The van der Waals surface area contributed by atoms with Crippen molar-refractivity contribution in [2.24, 2.45) is 17.6 Å². The second kappa shape index (κ2) is 4.79. The minimum atomic E-state index is 0.784. The van der Waals surface area contributed by atoms with Gasteiger partial charge in [0.15, 0.2) is 0 Å². The molecule has 0 aromatic heterocycles. The van der Waals surface area contributed by atoms with Crippen molar-refractivity contribution < 1.29 is 0 Å². The van der Waals surface area contributed by atoms with Gasteiger partial charge in [0, 0.05) is 19.1 Å². The third kappa shape index (κ3) is 2.24. The number of rotatable bonds is 3. The summed E-state index contributed by atoms with van der Waals surface area (Å²) in [7, 11) is 0. The van der Waals surface area contributed by atoms with Crippen molar-refractivity contribution >= 4 is 0 Å². The van der Waals surface area contributed by atoms with Gasteiger partial charge < -0.3 is 5.73 Å². The van der Waals surface area contributed by atoms with Crippen LogP contribution in [0.1, 0.15) is 24.8 Å². The van der Waals surface area contributed by atoms with E-state index in [1.165, 1.54) is 31.4 Å². The van der Waals surface area contributed by atoms with Gasteiger partial charge in [-0.15, -0.1) is 0 Å². The molecule has 3 rings (SSSR count). The standard InChI is InChI=1S/C15H22N2/c16-9-13-6-7-15-8-14(13)11-17(15)10-12-4-2-1-3-5-12/h1-5,13-15H,6-11,16H2. The van der Waals surface area contributed by atoms with Gasteiger partial charge >= 0.3 is 0 Å². The molecule has 1 aliphatic carbocycles. The summed E-state index contributed by atoms with van der Waals surface area (Å²) >= 11 is 0. The fourth-order valence-corrected chi connectivity index (χ4v) is 3.63. The summed E-state index contributed by atoms with van der Waals surface area (Å²) in [5, 5.41) is 0. The summed E-state index contributed by atoms with van der Waals surface area (Å²) in [4.78, 5) is 2.68. The number of fused-ring (bicyclic) bond motifs is 2. The van der Waals surface area contributed by atoms with Gasteiger partial charge in [-0.25, -0.2) is 0 Å². The van der Waals surface area contributed by atoms with Crippen molar-refractivity contribution in [3.05, 3.63) is 35.9 Å². The van der Waals surface area contributed by atoms with E-state index in [2.05, 4.69) is 35.2 Å². The molecule has 2 aliphatic rings. The molecule has 1 aliphatic heterocycles. The van der Waals surface area contributed by atoms with Gasteiger partial charge in [-0.05, 0) is 43.2 Å². The van der Waals surface area contributed by atoms with E-state index >= 15 is 0 Å². The van der Waals surface area contributed by atoms with Crippen molar-refractivity contribution in [2.45, 2.75) is 31.8 Å². The van der Waals surface area contributed by atoms with Crippen molar-refractivity contribution in [3.8, 4) is 0 Å². The molecule has 2 bridgehead atoms. The van der Waals surface area contributed by atoms with E-state index in [0.717, 1.165) is 31.0 Å². The molecule has 2 fully saturated rings. The third-order valence-electron chi connectivity index (χ3n) is 4.63. The zero-order valence-corrected chi connectivity index (χ0v) is 10.4. The highest BCUT2D eigenvalue weighted by Crippen LogP contribution is 2.39. The van der Waals surface area contributed by atoms with Crippen molar-refractivity contribution in [1.82, 2.24) is 4.90 Å². The Morgan fingerprint density at radius 2 is 2.00 bits per heavy atom. The van der Waals surface area contributed by atoms with Crippen LogP contribution in [0.25, 0.3) is 0 Å². The van der Waals surface area contributed by atoms with Crippen LogP contribution in [0.2, 0.25) is 0 Å². The SMILES string of the molecule is NCC1CCC2CC1CN2Cc1ccccc1. The monoisotopic (exact) mass is 230 g/mol. The van der Waals surface area contributed by atoms with E-state index in [1.54, 1.807) is 0 Å². The zero-order chi connectivity index (χ0) is 11.7. The summed E-state index contributed by atoms with van der Waals surface area (Å²) in [6.07, 6.45) is 4.08. The van der Waals surface area contributed by atoms with Crippen LogP contribution >= 0.6 is 0 Å². The Morgan fingerprint density at radius 1 is 1.18 bits per heavy atom. The lowest BCUT2D eigenvalue weighted by Crippen LogP contribution is -2.29. The lowest BCUT2D eigenvalue weighted by atomic mass is 9.80. The van der Waals surface area contributed by atoms with Gasteiger partial charge in [-0.1, -0.05) is 30.3 Å². The minimum Gasteiger partial charge on any atom is -0.330 e. The third-order valence-corrected chi connectivity index (χ3v) is 4.63. The highest BCUT2D eigenvalue weighted by molar-refractivity contribution is 5.15. The van der Waals surface area contributed by atoms with Gasteiger partial charge in [0.25, 0.3) is 0 Å². The molecule has 3 atom stereocenters. The van der Waals surface area contributed by atoms with Crippen LogP contribution in [0.4, 0.5) is 0 Å². The highest BCUT2D eigenvalue weighted by Gasteiger charge is 2.39. The molecule has 1 saturated heterocycles. The van der Waals surface area contributed by atoms with Gasteiger partial charge in [0.2, 0.25) is 0 Å². The van der Waals surface area contributed by atoms with Crippen LogP contribution < -0.4 is 5.73 Å². The second-order valence-corrected chi connectivity index (χ2v) is 5.64. The van der Waals surface area contributed by atoms with Crippen LogP contribution in [0.5, 0.6) is 0 Å². The molecule has 1 heterocycles. The normalized spacial score (nSPS) is 32.9. The Bertz CT molecular complexity index is 362. The first-order chi connectivity index (χ1) is 8.36. The Hall–Kier alpha value is -0.860. The van der Waals surface area contributed by atoms with E-state index in [-0.39, 0.29) is 0 Å². The zero-order valence-electron chi connectivity index (χ0n) is 10.4. The Kier molecular flexibility index (Phi) is 3.17. The molecule has 2 nitrogen and oxygen atoms in total. The smallest absolute Gasteiger partial charge is 0.0236 e. The summed E-state index contributed by atoms with van der Waals surface area (Å²) in [6.45, 7) is 3.28. The first-order valence-electron chi connectivity index (χ1n) is 6.85. The van der Waals surface area contributed by atoms with Gasteiger partial charge in [0.1, 0.15) is 0 Å². The van der Waals surface area contributed by atoms with Crippen LogP contribution in [0.3, 0.4) is 0 Å². The number of benzene rings is 1. The molecule has 1 aromatic rings. The first kappa shape index (κ1) is 11.2. The number of hydrogen-bond donors (Lipinski definition) is 1. The maximum absolute atomic E-state index is 5.87. The molecule has 0 amide bonds. The van der Waals surface area contributed by atoms with Gasteiger partial charge in [-0.2, -0.15) is 0 Å². The molecular weight excluding hydrogens is 208 g/mol. The fourth-order valence-electron chi connectivity index (χ4n) is 3.63. The largest absolute Gasteiger partial charge is 0.330 e. The lowest BCUT2D eigenvalue weighted by molar-refractivity contribution is 0.230. The van der Waals surface area contributed by atoms with E-state index in [9.17, 15) is 0 Å². The van der Waals surface area contributed by atoms with Crippen LogP contribution in [0.15, 0.2) is 30.3 Å². The first-order valence-corrected chi connectivity index (χ1v) is 6.85. The van der Waals surface area contributed by atoms with Gasteiger partial charge in [0.05, 0.1) is 0 Å². The summed E-state index contributed by atoms with van der Waals surface area (Å²) < 4.78 is 0. The number of nitrogens with zero attached hydrogens (tertiary/aromatic N) is 1. The second-order valence-electron chi connectivity index (χ2n) is 5.64. The molecule has 0 spiro atoms. The van der Waals surface area contributed by atoms with Gasteiger partial charge in [-0.3, -0.25) is 4.90 Å². The molecule has 3 unspecified atom stereocenters. The lowest BCUT2D eigenvalue weighted by Gasteiger charge is -2.27. The molecule has 1 aromatic carbocycles. The van der Waals surface area contributed by atoms with Crippen molar-refractivity contribution in [2.75, 3.05) is 13.1 Å². The Balaban J connectivity index is 1.67. The van der Waals surface area contributed by atoms with Crippen molar-refractivity contribution in [1.29, 1.82) is 0 Å². The molecule has 1 saturated carbocycles. The minimum absolute atomic E-state index is 0.784. The van der Waals surface area contributed by atoms with E-state index in [4.69, 9.17) is 5.73 Å². The predicted molar refractivity (Wildman–Crippen MR) is 70.5 cm³/mol. The molecule has 2 N–H and O–H groups in total. The number of likely N-dealkylation sites (tertiary alicyclic amines) is 1. The Labute approximate surface area is 104 Å². The van der Waals surface area contributed by atoms with E-state index in [1.807, 2.05) is 0 Å². The predicted octanol–water partition coefficient (Wildman–Crippen LogP) is 2.25. The summed E-state index contributed by atoms with van der Waals surface area (Å²) in [5.74, 6) is 1.65. The topological polar surface area (TPSA) is 29.3 Å². The maximum atomic E-state index is 5.87. The maximum Gasteiger partial charge on any atom is 0.0236 e. The highest BCUT2D eigenvalue weighted by atomic mass is 15.2. The summed E-state index contributed by atoms with van der Waals surface area (Å²) in [5.41, 5.74) is 7.32. The average Bonchev–Trinajstić information content (AvgIpc) is 2.68. The molecule has 92 valence electrons. The quantitative estimate of drug-likeness (QED) is 0.863. The van der Waals surface area contributed by atoms with E-state index in [0.29, 0.717) is 0 Å². The average molecular weight is 230 g/mol. The van der Waals surface area contributed by atoms with Crippen LogP contribution in [-0.2, 0) is 6.54 Å². The number of hydrogen-bond acceptors (Lipinski definition) is 2.